The second kappa shape index (κ2) is 7.10. The monoisotopic (exact) mass is 434 g/mol. The summed E-state index contributed by atoms with van der Waals surface area (Å²) >= 11 is -0.584. The number of amidine groups is 1. The molecule has 7 heteroatoms. The minimum Gasteiger partial charge on any atom is -0.368 e. The lowest BCUT2D eigenvalue weighted by Gasteiger charge is -2.14. The highest BCUT2D eigenvalue weighted by Crippen LogP contribution is 2.16. The maximum atomic E-state index is 6.09. The molecule has 0 aromatic heterocycles. The summed E-state index contributed by atoms with van der Waals surface area (Å²) in [6.45, 7) is 1.95. The predicted octanol–water partition coefficient (Wildman–Crippen LogP) is 2.16. The molecule has 1 aromatic rings. The number of rotatable bonds is 3. The first-order chi connectivity index (χ1) is 11.5. The van der Waals surface area contributed by atoms with Crippen LogP contribution in [0.2, 0.25) is 0 Å². The Morgan fingerprint density at radius 2 is 1.88 bits per heavy atom. The van der Waals surface area contributed by atoms with E-state index in [2.05, 4.69) is 20.6 Å². The van der Waals surface area contributed by atoms with Gasteiger partial charge < -0.3 is 22.1 Å². The summed E-state index contributed by atoms with van der Waals surface area (Å²) in [7, 11) is 0. The van der Waals surface area contributed by atoms with Gasteiger partial charge in [-0.25, -0.2) is 0 Å². The molecule has 1 aromatic carbocycles. The summed E-state index contributed by atoms with van der Waals surface area (Å²) in [6, 6.07) is 9.90. The fourth-order valence-electron chi connectivity index (χ4n) is 2.04. The Hall–Kier alpha value is -2.26. The lowest BCUT2D eigenvalue weighted by molar-refractivity contribution is 0.735. The molecule has 24 heavy (non-hydrogen) atoms. The highest BCUT2D eigenvalue weighted by Gasteiger charge is 2.13. The number of aliphatic imine (C=N–C) groups is 2. The fourth-order valence-corrected chi connectivity index (χ4v) is 4.15. The van der Waals surface area contributed by atoms with Crippen LogP contribution >= 0.6 is 20.7 Å². The van der Waals surface area contributed by atoms with Crippen LogP contribution in [0.15, 0.2) is 76.4 Å². The van der Waals surface area contributed by atoms with E-state index in [-0.39, 0.29) is 5.96 Å². The van der Waals surface area contributed by atoms with Crippen molar-refractivity contribution >= 4 is 40.0 Å². The quantitative estimate of drug-likeness (QED) is 0.433. The van der Waals surface area contributed by atoms with Gasteiger partial charge in [-0.1, -0.05) is 36.4 Å². The van der Waals surface area contributed by atoms with Gasteiger partial charge >= 0.3 is 0 Å². The van der Waals surface area contributed by atoms with Crippen LogP contribution in [0.1, 0.15) is 6.92 Å². The van der Waals surface area contributed by atoms with E-state index in [1.165, 1.54) is 0 Å². The summed E-state index contributed by atoms with van der Waals surface area (Å²) < 4.78 is 1.69. The summed E-state index contributed by atoms with van der Waals surface area (Å²) in [5.74, 6) is 0.249. The first-order valence-corrected chi connectivity index (χ1v) is 9.57. The molecule has 6 nitrogen and oxygen atoms in total. The van der Waals surface area contributed by atoms with Crippen molar-refractivity contribution < 1.29 is 0 Å². The molecule has 1 aliphatic heterocycles. The Balaban J connectivity index is 1.75. The van der Waals surface area contributed by atoms with E-state index in [4.69, 9.17) is 11.5 Å². The molecule has 1 heterocycles. The van der Waals surface area contributed by atoms with Crippen LogP contribution < -0.4 is 22.1 Å². The summed E-state index contributed by atoms with van der Waals surface area (Å²) in [4.78, 5) is 8.64. The van der Waals surface area contributed by atoms with E-state index in [0.717, 1.165) is 19.0 Å². The molecule has 6 N–H and O–H groups in total. The van der Waals surface area contributed by atoms with Crippen LogP contribution in [0.4, 0.5) is 5.69 Å². The molecule has 0 spiro atoms. The topological polar surface area (TPSA) is 101 Å². The van der Waals surface area contributed by atoms with Crippen molar-refractivity contribution in [1.82, 2.24) is 5.32 Å². The Morgan fingerprint density at radius 3 is 2.67 bits per heavy atom. The van der Waals surface area contributed by atoms with Gasteiger partial charge in [-0.3, -0.25) is 0 Å². The zero-order chi connectivity index (χ0) is 17.0. The number of nitrogens with zero attached hydrogens (tertiary/aromatic N) is 2. The molecule has 0 bridgehead atoms. The van der Waals surface area contributed by atoms with Crippen LogP contribution in [0.3, 0.4) is 0 Å². The third kappa shape index (κ3) is 4.62. The summed E-state index contributed by atoms with van der Waals surface area (Å²) in [6.07, 6.45) is 9.75. The zero-order valence-corrected chi connectivity index (χ0v) is 15.4. The number of para-hydroxylation sites is 1. The molecule has 0 amide bonds. The van der Waals surface area contributed by atoms with Gasteiger partial charge in [0, 0.05) is 32.1 Å². The molecule has 1 unspecified atom stereocenters. The van der Waals surface area contributed by atoms with Crippen molar-refractivity contribution in [3.8, 4) is 0 Å². The number of anilines is 1. The van der Waals surface area contributed by atoms with Gasteiger partial charge in [-0.05, 0) is 31.2 Å². The molecule has 124 valence electrons. The number of nitrogens with one attached hydrogen (secondary N) is 2. The predicted molar refractivity (Wildman–Crippen MR) is 110 cm³/mol. The van der Waals surface area contributed by atoms with Gasteiger partial charge in [0.15, 0.2) is 7.60 Å². The van der Waals surface area contributed by atoms with Gasteiger partial charge in [0.2, 0.25) is 5.96 Å². The Kier molecular flexibility index (Phi) is 4.91. The molecular weight excluding hydrogens is 415 g/mol. The fraction of sp³-hybridized carbons (Fsp3) is 0.118. The van der Waals surface area contributed by atoms with Crippen molar-refractivity contribution in [3.05, 3.63) is 66.4 Å². The van der Waals surface area contributed by atoms with Crippen molar-refractivity contribution in [2.75, 3.05) is 5.32 Å². The number of benzene rings is 1. The number of nitrogens with two attached hydrogens (primary N) is 2. The number of hydrogen-bond donors (Lipinski definition) is 4. The Bertz CT molecular complexity index is 800. The van der Waals surface area contributed by atoms with Gasteiger partial charge in [-0.15, -0.1) is 0 Å². The third-order valence-electron chi connectivity index (χ3n) is 3.23. The first kappa shape index (κ1) is 16.6. The van der Waals surface area contributed by atoms with Gasteiger partial charge in [0.05, 0.1) is 5.54 Å². The molecule has 1 aliphatic carbocycles. The number of allylic oxidation sites excluding steroid dienone is 3. The molecule has 2 aliphatic rings. The maximum Gasteiger partial charge on any atom is 0.224 e. The van der Waals surface area contributed by atoms with Crippen molar-refractivity contribution in [2.24, 2.45) is 21.5 Å². The Labute approximate surface area is 150 Å². The van der Waals surface area contributed by atoms with Crippen LogP contribution in [-0.2, 0) is 0 Å². The molecule has 0 fully saturated rings. The number of guanidine groups is 1. The van der Waals surface area contributed by atoms with Gasteiger partial charge in [0.25, 0.3) is 0 Å². The van der Waals surface area contributed by atoms with E-state index >= 15 is 0 Å². The van der Waals surface area contributed by atoms with Crippen molar-refractivity contribution in [1.29, 1.82) is 0 Å². The minimum absolute atomic E-state index is 0.249. The van der Waals surface area contributed by atoms with Crippen molar-refractivity contribution in [2.45, 2.75) is 12.5 Å². The summed E-state index contributed by atoms with van der Waals surface area (Å²) in [5, 5.41) is 6.64. The SMILES string of the molecule is CC1(N)C=CC=C(NC2=NC(N)=NC(Nc3ccccc3)=I2)C=C1. The first-order valence-electron chi connectivity index (χ1n) is 7.42. The van der Waals surface area contributed by atoms with Crippen LogP contribution in [0.5, 0.6) is 0 Å². The van der Waals surface area contributed by atoms with E-state index in [1.807, 2.05) is 67.6 Å². The smallest absolute Gasteiger partial charge is 0.224 e. The van der Waals surface area contributed by atoms with Crippen molar-refractivity contribution in [3.63, 3.8) is 0 Å². The summed E-state index contributed by atoms with van der Waals surface area (Å²) in [5.41, 5.74) is 13.4. The van der Waals surface area contributed by atoms with E-state index < -0.39 is 26.3 Å². The molecule has 1 atom stereocenters. The standard InChI is InChI=1S/C17H19IN6/c1-17(20)10-5-8-13(9-11-17)22-15-18-14(23-16(19)24-15)21-12-6-3-2-4-7-12/h2-11H,20H2,1H3,(H4,19,21,22,23,24). The lowest BCUT2D eigenvalue weighted by atomic mass is 10.0. The third-order valence-corrected chi connectivity index (χ3v) is 5.27. The largest absolute Gasteiger partial charge is 0.368 e. The average molecular weight is 434 g/mol. The average Bonchev–Trinajstić information content (AvgIpc) is 2.69. The molecule has 0 saturated carbocycles. The highest BCUT2D eigenvalue weighted by molar-refractivity contribution is 14.2. The highest BCUT2D eigenvalue weighted by atomic mass is 127. The van der Waals surface area contributed by atoms with Gasteiger partial charge in [0.1, 0.15) is 0 Å². The lowest BCUT2D eigenvalue weighted by Crippen LogP contribution is -2.30. The molecule has 0 radical (unpaired) electrons. The van der Waals surface area contributed by atoms with Crippen LogP contribution in [-0.4, -0.2) is 19.1 Å². The number of halogens is 1. The number of hydrogen-bond acceptors (Lipinski definition) is 6. The van der Waals surface area contributed by atoms with Crippen LogP contribution in [0.25, 0.3) is 0 Å². The maximum absolute atomic E-state index is 6.09. The molecular formula is C17H19IN6. The molecule has 0 saturated heterocycles. The second-order valence-corrected chi connectivity index (χ2v) is 8.14. The Morgan fingerprint density at radius 1 is 1.08 bits per heavy atom. The minimum atomic E-state index is -0.584. The van der Waals surface area contributed by atoms with Gasteiger partial charge in [-0.2, -0.15) is 9.98 Å². The zero-order valence-electron chi connectivity index (χ0n) is 13.2. The van der Waals surface area contributed by atoms with E-state index in [9.17, 15) is 0 Å². The van der Waals surface area contributed by atoms with E-state index in [1.54, 1.807) is 0 Å². The van der Waals surface area contributed by atoms with Crippen LogP contribution in [0, 0.1) is 0 Å². The van der Waals surface area contributed by atoms with E-state index in [0.29, 0.717) is 0 Å². The second-order valence-electron chi connectivity index (χ2n) is 5.55. The normalized spacial score (nSPS) is 23.1. The molecule has 3 rings (SSSR count).